The molecule has 1 amide bonds. The first-order valence-corrected chi connectivity index (χ1v) is 13.3. The van der Waals surface area contributed by atoms with E-state index in [1.54, 1.807) is 6.20 Å². The van der Waals surface area contributed by atoms with Gasteiger partial charge in [-0.1, -0.05) is 45.8 Å². The highest BCUT2D eigenvalue weighted by Gasteiger charge is 2.41. The summed E-state index contributed by atoms with van der Waals surface area (Å²) in [5, 5.41) is 6.95. The van der Waals surface area contributed by atoms with Crippen LogP contribution in [0.4, 0.5) is 5.69 Å². The largest absolute Gasteiger partial charge is 0.459 e. The minimum atomic E-state index is -0.257. The number of rotatable bonds is 7. The number of aryl methyl sites for hydroxylation is 2. The van der Waals surface area contributed by atoms with Crippen molar-refractivity contribution in [1.82, 2.24) is 15.2 Å². The summed E-state index contributed by atoms with van der Waals surface area (Å²) in [7, 11) is 0. The number of halogens is 1. The fourth-order valence-corrected chi connectivity index (χ4v) is 5.53. The second-order valence-corrected chi connectivity index (χ2v) is 10.4. The molecule has 188 valence electrons. The molecule has 2 N–H and O–H groups in total. The number of anilines is 1. The van der Waals surface area contributed by atoms with Crippen LogP contribution in [0.2, 0.25) is 0 Å². The van der Waals surface area contributed by atoms with Crippen LogP contribution in [-0.4, -0.2) is 27.4 Å². The molecule has 2 atom stereocenters. The molecule has 0 radical (unpaired) electrons. The molecule has 1 saturated heterocycles. The van der Waals surface area contributed by atoms with E-state index in [9.17, 15) is 4.79 Å². The van der Waals surface area contributed by atoms with Gasteiger partial charge in [0.1, 0.15) is 17.6 Å². The van der Waals surface area contributed by atoms with Crippen molar-refractivity contribution in [3.63, 3.8) is 0 Å². The van der Waals surface area contributed by atoms with Gasteiger partial charge in [-0.3, -0.25) is 9.78 Å². The summed E-state index contributed by atoms with van der Waals surface area (Å²) in [6, 6.07) is 23.2. The van der Waals surface area contributed by atoms with Crippen molar-refractivity contribution in [2.75, 3.05) is 11.9 Å². The van der Waals surface area contributed by atoms with E-state index in [0.29, 0.717) is 11.7 Å². The van der Waals surface area contributed by atoms with Crippen molar-refractivity contribution < 1.29 is 9.21 Å². The molecule has 1 aliphatic rings. The van der Waals surface area contributed by atoms with Gasteiger partial charge >= 0.3 is 0 Å². The fraction of sp³-hybridized carbons (Fsp3) is 0.207. The number of hydrogen-bond acceptors (Lipinski definition) is 4. The number of benzene rings is 2. The smallest absolute Gasteiger partial charge is 0.226 e. The molecule has 1 fully saturated rings. The lowest BCUT2D eigenvalue weighted by Crippen LogP contribution is -2.32. The maximum absolute atomic E-state index is 12.8. The van der Waals surface area contributed by atoms with E-state index in [0.717, 1.165) is 44.1 Å². The zero-order chi connectivity index (χ0) is 25.9. The molecule has 4 aromatic rings. The second kappa shape index (κ2) is 10.9. The molecule has 3 heterocycles. The van der Waals surface area contributed by atoms with Crippen LogP contribution in [0.5, 0.6) is 0 Å². The van der Waals surface area contributed by atoms with Crippen molar-refractivity contribution in [2.24, 2.45) is 0 Å². The average Bonchev–Trinajstić information content (AvgIpc) is 3.49. The Labute approximate surface area is 230 Å². The van der Waals surface area contributed by atoms with Gasteiger partial charge in [0.2, 0.25) is 5.91 Å². The van der Waals surface area contributed by atoms with E-state index in [2.05, 4.69) is 50.6 Å². The van der Waals surface area contributed by atoms with Gasteiger partial charge in [-0.25, -0.2) is 0 Å². The van der Waals surface area contributed by atoms with Crippen LogP contribution in [0, 0.1) is 13.8 Å². The number of pyridine rings is 1. The Morgan fingerprint density at radius 2 is 1.86 bits per heavy atom. The van der Waals surface area contributed by atoms with Gasteiger partial charge in [-0.15, -0.1) is 0 Å². The fourth-order valence-electron chi connectivity index (χ4n) is 4.51. The first-order valence-electron chi connectivity index (χ1n) is 12.1. The summed E-state index contributed by atoms with van der Waals surface area (Å²) < 4.78 is 7.39. The first-order chi connectivity index (χ1) is 17.9. The third kappa shape index (κ3) is 5.60. The van der Waals surface area contributed by atoms with Gasteiger partial charge in [0.15, 0.2) is 5.11 Å². The minimum Gasteiger partial charge on any atom is -0.459 e. The van der Waals surface area contributed by atoms with Crippen LogP contribution >= 0.6 is 28.1 Å². The molecule has 0 aliphatic carbocycles. The Morgan fingerprint density at radius 3 is 2.59 bits per heavy atom. The molecule has 0 saturated carbocycles. The number of nitrogens with one attached hydrogen (secondary N) is 2. The summed E-state index contributed by atoms with van der Waals surface area (Å²) >= 11 is 9.39. The number of amides is 1. The summed E-state index contributed by atoms with van der Waals surface area (Å²) in [5.41, 5.74) is 4.92. The van der Waals surface area contributed by atoms with Gasteiger partial charge in [-0.2, -0.15) is 0 Å². The molecule has 5 rings (SSSR count). The molecular formula is C29H27BrN4O2S. The highest BCUT2D eigenvalue weighted by molar-refractivity contribution is 9.10. The highest BCUT2D eigenvalue weighted by atomic mass is 79.9. The van der Waals surface area contributed by atoms with Crippen molar-refractivity contribution in [1.29, 1.82) is 0 Å². The molecule has 2 unspecified atom stereocenters. The lowest BCUT2D eigenvalue weighted by molar-refractivity contribution is -0.116. The molecule has 37 heavy (non-hydrogen) atoms. The lowest BCUT2D eigenvalue weighted by atomic mass is 10.0. The van der Waals surface area contributed by atoms with Gasteiger partial charge in [0.05, 0.1) is 11.7 Å². The van der Waals surface area contributed by atoms with E-state index in [-0.39, 0.29) is 24.4 Å². The molecule has 0 spiro atoms. The number of thiocarbonyl (C=S) groups is 1. The SMILES string of the molecule is Cc1ccc(NC(=O)CCN2C(=S)NC(c3ccccn3)C2c2ccc(-c3ccc(C)cc3Br)o2)cc1. The quantitative estimate of drug-likeness (QED) is 0.239. The average molecular weight is 576 g/mol. The van der Waals surface area contributed by atoms with Crippen molar-refractivity contribution in [3.05, 3.63) is 106 Å². The minimum absolute atomic E-state index is 0.0737. The lowest BCUT2D eigenvalue weighted by Gasteiger charge is -2.25. The number of carbonyl (C=O) groups is 1. The second-order valence-electron chi connectivity index (χ2n) is 9.17. The summed E-state index contributed by atoms with van der Waals surface area (Å²) in [5.74, 6) is 1.44. The zero-order valence-electron chi connectivity index (χ0n) is 20.6. The van der Waals surface area contributed by atoms with Gasteiger partial charge in [0, 0.05) is 34.9 Å². The van der Waals surface area contributed by atoms with Gasteiger partial charge < -0.3 is 20.0 Å². The molecule has 8 heteroatoms. The zero-order valence-corrected chi connectivity index (χ0v) is 23.0. The van der Waals surface area contributed by atoms with E-state index in [1.807, 2.05) is 72.5 Å². The number of hydrogen-bond donors (Lipinski definition) is 2. The van der Waals surface area contributed by atoms with Crippen LogP contribution < -0.4 is 10.6 Å². The number of carbonyl (C=O) groups excluding carboxylic acids is 1. The third-order valence-corrected chi connectivity index (χ3v) is 7.43. The van der Waals surface area contributed by atoms with Crippen molar-refractivity contribution >= 4 is 44.9 Å². The highest BCUT2D eigenvalue weighted by Crippen LogP contribution is 2.41. The van der Waals surface area contributed by atoms with E-state index in [4.69, 9.17) is 16.6 Å². The maximum Gasteiger partial charge on any atom is 0.226 e. The van der Waals surface area contributed by atoms with Crippen molar-refractivity contribution in [2.45, 2.75) is 32.4 Å². The van der Waals surface area contributed by atoms with Crippen LogP contribution in [-0.2, 0) is 4.79 Å². The summed E-state index contributed by atoms with van der Waals surface area (Å²) in [6.45, 7) is 4.50. The standard InChI is InChI=1S/C29H27BrN4O2S/c1-18-6-9-20(10-7-18)32-26(35)14-16-34-28(27(33-29(34)37)23-5-3-4-15-31-23)25-13-12-24(36-25)21-11-8-19(2)17-22(21)30/h3-13,15,17,27-28H,14,16H2,1-2H3,(H,32,35)(H,33,37). The van der Waals surface area contributed by atoms with E-state index < -0.39 is 0 Å². The number of aromatic nitrogens is 1. The van der Waals surface area contributed by atoms with Crippen LogP contribution in [0.3, 0.4) is 0 Å². The Kier molecular flexibility index (Phi) is 7.39. The van der Waals surface area contributed by atoms with E-state index in [1.165, 1.54) is 0 Å². The molecule has 1 aliphatic heterocycles. The van der Waals surface area contributed by atoms with E-state index >= 15 is 0 Å². The van der Waals surface area contributed by atoms with Gasteiger partial charge in [0.25, 0.3) is 0 Å². The predicted molar refractivity (Wildman–Crippen MR) is 153 cm³/mol. The van der Waals surface area contributed by atoms with Crippen LogP contribution in [0.1, 0.15) is 41.1 Å². The Bertz CT molecular complexity index is 1420. The normalized spacial score (nSPS) is 17.1. The molecular weight excluding hydrogens is 548 g/mol. The topological polar surface area (TPSA) is 70.4 Å². The Balaban J connectivity index is 1.40. The summed E-state index contributed by atoms with van der Waals surface area (Å²) in [6.07, 6.45) is 2.05. The molecule has 0 bridgehead atoms. The Hall–Kier alpha value is -3.49. The molecule has 2 aromatic carbocycles. The van der Waals surface area contributed by atoms with Crippen molar-refractivity contribution in [3.8, 4) is 11.3 Å². The molecule has 2 aromatic heterocycles. The molecule has 6 nitrogen and oxygen atoms in total. The monoisotopic (exact) mass is 574 g/mol. The Morgan fingerprint density at radius 1 is 1.08 bits per heavy atom. The van der Waals surface area contributed by atoms with Crippen LogP contribution in [0.15, 0.2) is 87.9 Å². The summed E-state index contributed by atoms with van der Waals surface area (Å²) in [4.78, 5) is 19.4. The van der Waals surface area contributed by atoms with Crippen LogP contribution in [0.25, 0.3) is 11.3 Å². The first kappa shape index (κ1) is 25.2. The van der Waals surface area contributed by atoms with Gasteiger partial charge in [-0.05, 0) is 80.2 Å². The predicted octanol–water partition coefficient (Wildman–Crippen LogP) is 6.72. The third-order valence-electron chi connectivity index (χ3n) is 6.42. The number of nitrogens with zero attached hydrogens (tertiary/aromatic N) is 2. The maximum atomic E-state index is 12.8. The number of furan rings is 1.